The number of rotatable bonds is 5. The van der Waals surface area contributed by atoms with Gasteiger partial charge in [-0.25, -0.2) is 4.79 Å². The third-order valence-electron chi connectivity index (χ3n) is 2.49. The van der Waals surface area contributed by atoms with Crippen LogP contribution in [-0.4, -0.2) is 30.3 Å². The van der Waals surface area contributed by atoms with Gasteiger partial charge < -0.3 is 15.2 Å². The van der Waals surface area contributed by atoms with Crippen molar-refractivity contribution >= 4 is 23.4 Å². The first-order valence-corrected chi connectivity index (χ1v) is 6.02. The Hall–Kier alpha value is -2.08. The predicted octanol–water partition coefficient (Wildman–Crippen LogP) is 1.88. The number of anilines is 2. The van der Waals surface area contributed by atoms with Crippen molar-refractivity contribution in [3.63, 3.8) is 0 Å². The van der Waals surface area contributed by atoms with Gasteiger partial charge in [0.15, 0.2) is 0 Å². The Morgan fingerprint density at radius 2 is 1.89 bits per heavy atom. The smallest absolute Gasteiger partial charge is 0.411 e. The minimum Gasteiger partial charge on any atom is -0.447 e. The summed E-state index contributed by atoms with van der Waals surface area (Å²) in [4.78, 5) is 22.7. The second kappa shape index (κ2) is 7.38. The predicted molar refractivity (Wildman–Crippen MR) is 72.2 cm³/mol. The van der Waals surface area contributed by atoms with Gasteiger partial charge in [0.2, 0.25) is 5.91 Å². The van der Waals surface area contributed by atoms with Gasteiger partial charge in [-0.2, -0.15) is 0 Å². The maximum Gasteiger partial charge on any atom is 0.411 e. The van der Waals surface area contributed by atoms with E-state index in [9.17, 15) is 9.59 Å². The molecule has 0 aromatic heterocycles. The van der Waals surface area contributed by atoms with E-state index in [1.807, 2.05) is 0 Å². The molecule has 6 nitrogen and oxygen atoms in total. The largest absolute Gasteiger partial charge is 0.447 e. The topological polar surface area (TPSA) is 87.7 Å². The van der Waals surface area contributed by atoms with Gasteiger partial charge >= 0.3 is 6.09 Å². The van der Waals surface area contributed by atoms with Crippen LogP contribution < -0.4 is 10.6 Å². The van der Waals surface area contributed by atoms with E-state index in [-0.39, 0.29) is 19.1 Å². The van der Waals surface area contributed by atoms with Crippen molar-refractivity contribution in [1.82, 2.24) is 0 Å². The van der Waals surface area contributed by atoms with Crippen molar-refractivity contribution in [3.8, 4) is 0 Å². The molecule has 0 spiro atoms. The van der Waals surface area contributed by atoms with E-state index < -0.39 is 6.09 Å². The fraction of sp³-hybridized carbons (Fsp3) is 0.385. The van der Waals surface area contributed by atoms with Crippen molar-refractivity contribution in [1.29, 1.82) is 0 Å². The molecular formula is C13H18N2O4. The van der Waals surface area contributed by atoms with Crippen LogP contribution >= 0.6 is 0 Å². The van der Waals surface area contributed by atoms with E-state index in [4.69, 9.17) is 9.84 Å². The number of carbonyl (C=O) groups excluding carboxylic acids is 2. The molecule has 0 saturated carbocycles. The molecule has 1 aromatic carbocycles. The molecule has 0 aliphatic heterocycles. The monoisotopic (exact) mass is 266 g/mol. The average Bonchev–Trinajstić information content (AvgIpc) is 2.40. The normalized spacial score (nSPS) is 9.84. The maximum absolute atomic E-state index is 11.4. The molecular weight excluding hydrogens is 248 g/mol. The standard InChI is InChI=1S/C13H18N2O4/c1-3-12(17)14-10-5-4-6-11(9(10)2)15-13(18)19-8-7-16/h4-6,16H,3,7-8H2,1-2H3,(H,14,17)(H,15,18). The van der Waals surface area contributed by atoms with Gasteiger partial charge in [-0.15, -0.1) is 0 Å². The Bertz CT molecular complexity index is 460. The zero-order chi connectivity index (χ0) is 14.3. The van der Waals surface area contributed by atoms with Crippen LogP contribution in [0.25, 0.3) is 0 Å². The highest BCUT2D eigenvalue weighted by Gasteiger charge is 2.09. The fourth-order valence-corrected chi connectivity index (χ4v) is 1.43. The molecule has 0 aliphatic rings. The fourth-order valence-electron chi connectivity index (χ4n) is 1.43. The van der Waals surface area contributed by atoms with Crippen LogP contribution in [0.2, 0.25) is 0 Å². The van der Waals surface area contributed by atoms with Crippen LogP contribution in [0.15, 0.2) is 18.2 Å². The van der Waals surface area contributed by atoms with Crippen molar-refractivity contribution in [2.45, 2.75) is 20.3 Å². The molecule has 0 unspecified atom stereocenters. The zero-order valence-electron chi connectivity index (χ0n) is 11.0. The van der Waals surface area contributed by atoms with Gasteiger partial charge in [0, 0.05) is 17.8 Å². The summed E-state index contributed by atoms with van der Waals surface area (Å²) in [6.45, 7) is 3.27. The van der Waals surface area contributed by atoms with Gasteiger partial charge in [0.05, 0.1) is 6.61 Å². The van der Waals surface area contributed by atoms with Crippen LogP contribution in [0.4, 0.5) is 16.2 Å². The third kappa shape index (κ3) is 4.59. The molecule has 19 heavy (non-hydrogen) atoms. The number of aliphatic hydroxyl groups excluding tert-OH is 1. The quantitative estimate of drug-likeness (QED) is 0.759. The molecule has 0 aliphatic carbocycles. The Labute approximate surface area is 111 Å². The van der Waals surface area contributed by atoms with Crippen LogP contribution in [0, 0.1) is 6.92 Å². The molecule has 0 bridgehead atoms. The lowest BCUT2D eigenvalue weighted by Crippen LogP contribution is -2.17. The first-order valence-electron chi connectivity index (χ1n) is 6.02. The summed E-state index contributed by atoms with van der Waals surface area (Å²) in [6.07, 6.45) is -0.258. The van der Waals surface area contributed by atoms with Gasteiger partial charge in [-0.3, -0.25) is 10.1 Å². The summed E-state index contributed by atoms with van der Waals surface area (Å²) in [5.41, 5.74) is 1.94. The minimum atomic E-state index is -0.642. The summed E-state index contributed by atoms with van der Waals surface area (Å²) in [5, 5.41) is 13.9. The number of nitrogens with one attached hydrogen (secondary N) is 2. The number of hydrogen-bond donors (Lipinski definition) is 3. The van der Waals surface area contributed by atoms with Crippen molar-refractivity contribution in [3.05, 3.63) is 23.8 Å². The number of aliphatic hydroxyl groups is 1. The summed E-state index contributed by atoms with van der Waals surface area (Å²) >= 11 is 0. The Kier molecular flexibility index (Phi) is 5.81. The summed E-state index contributed by atoms with van der Waals surface area (Å²) in [5.74, 6) is -0.0943. The maximum atomic E-state index is 11.4. The molecule has 6 heteroatoms. The van der Waals surface area contributed by atoms with Gasteiger partial charge in [-0.1, -0.05) is 13.0 Å². The SMILES string of the molecule is CCC(=O)Nc1cccc(NC(=O)OCCO)c1C. The van der Waals surface area contributed by atoms with Crippen molar-refractivity contribution < 1.29 is 19.4 Å². The van der Waals surface area contributed by atoms with E-state index >= 15 is 0 Å². The summed E-state index contributed by atoms with van der Waals surface area (Å²) < 4.78 is 4.70. The molecule has 1 rings (SSSR count). The Morgan fingerprint density at radius 3 is 2.47 bits per heavy atom. The number of amides is 2. The van der Waals surface area contributed by atoms with Crippen LogP contribution in [0.3, 0.4) is 0 Å². The van der Waals surface area contributed by atoms with E-state index in [0.717, 1.165) is 5.56 Å². The number of hydrogen-bond acceptors (Lipinski definition) is 4. The molecule has 0 fully saturated rings. The summed E-state index contributed by atoms with van der Waals surface area (Å²) in [6, 6.07) is 5.18. The van der Waals surface area contributed by atoms with Gasteiger partial charge in [0.25, 0.3) is 0 Å². The van der Waals surface area contributed by atoms with Crippen LogP contribution in [0.5, 0.6) is 0 Å². The lowest BCUT2D eigenvalue weighted by Gasteiger charge is -2.13. The highest BCUT2D eigenvalue weighted by molar-refractivity contribution is 5.93. The number of benzene rings is 1. The van der Waals surface area contributed by atoms with Crippen LogP contribution in [-0.2, 0) is 9.53 Å². The van der Waals surface area contributed by atoms with Gasteiger partial charge in [0.1, 0.15) is 6.61 Å². The lowest BCUT2D eigenvalue weighted by atomic mass is 10.1. The van der Waals surface area contributed by atoms with E-state index in [1.54, 1.807) is 32.0 Å². The highest BCUT2D eigenvalue weighted by Crippen LogP contribution is 2.23. The Morgan fingerprint density at radius 1 is 1.26 bits per heavy atom. The molecule has 0 saturated heterocycles. The molecule has 3 N–H and O–H groups in total. The van der Waals surface area contributed by atoms with E-state index in [2.05, 4.69) is 10.6 Å². The molecule has 2 amide bonds. The molecule has 0 radical (unpaired) electrons. The molecule has 0 heterocycles. The first kappa shape index (κ1) is 15.0. The van der Waals surface area contributed by atoms with Crippen molar-refractivity contribution in [2.75, 3.05) is 23.8 Å². The van der Waals surface area contributed by atoms with E-state index in [0.29, 0.717) is 17.8 Å². The van der Waals surface area contributed by atoms with E-state index in [1.165, 1.54) is 0 Å². The number of ether oxygens (including phenoxy) is 1. The lowest BCUT2D eigenvalue weighted by molar-refractivity contribution is -0.115. The minimum absolute atomic E-state index is 0.0584. The molecule has 1 aromatic rings. The van der Waals surface area contributed by atoms with Gasteiger partial charge in [-0.05, 0) is 24.6 Å². The van der Waals surface area contributed by atoms with Crippen molar-refractivity contribution in [2.24, 2.45) is 0 Å². The average molecular weight is 266 g/mol. The number of carbonyl (C=O) groups is 2. The second-order valence-electron chi connectivity index (χ2n) is 3.86. The van der Waals surface area contributed by atoms with Crippen LogP contribution in [0.1, 0.15) is 18.9 Å². The summed E-state index contributed by atoms with van der Waals surface area (Å²) in [7, 11) is 0. The first-order chi connectivity index (χ1) is 9.08. The molecule has 0 atom stereocenters. The zero-order valence-corrected chi connectivity index (χ0v) is 11.0. The third-order valence-corrected chi connectivity index (χ3v) is 2.49. The molecule has 104 valence electrons. The second-order valence-corrected chi connectivity index (χ2v) is 3.86. The Balaban J connectivity index is 2.77. The highest BCUT2D eigenvalue weighted by atomic mass is 16.6.